The van der Waals surface area contributed by atoms with E-state index in [0.717, 1.165) is 11.1 Å². The second kappa shape index (κ2) is 5.46. The van der Waals surface area contributed by atoms with Gasteiger partial charge in [-0.15, -0.1) is 0 Å². The Morgan fingerprint density at radius 2 is 1.94 bits per heavy atom. The van der Waals surface area contributed by atoms with Crippen LogP contribution in [0.15, 0.2) is 36.5 Å². The van der Waals surface area contributed by atoms with Gasteiger partial charge in [0.05, 0.1) is 0 Å². The average Bonchev–Trinajstić information content (AvgIpc) is 2.92. The predicted molar refractivity (Wildman–Crippen MR) is 68.7 cm³/mol. The Labute approximate surface area is 106 Å². The monoisotopic (exact) mass is 244 g/mol. The van der Waals surface area contributed by atoms with Gasteiger partial charge in [0.1, 0.15) is 5.69 Å². The lowest BCUT2D eigenvalue weighted by molar-refractivity contribution is 0.0779. The van der Waals surface area contributed by atoms with Gasteiger partial charge in [-0.05, 0) is 17.2 Å². The first kappa shape index (κ1) is 12.3. The molecule has 0 saturated heterocycles. The molecule has 0 bridgehead atoms. The number of amides is 1. The second-order valence-corrected chi connectivity index (χ2v) is 4.15. The molecule has 94 valence electrons. The van der Waals surface area contributed by atoms with E-state index in [1.165, 1.54) is 0 Å². The highest BCUT2D eigenvalue weighted by molar-refractivity contribution is 5.91. The minimum atomic E-state index is -0.0737. The number of carbonyl (C=O) groups excluding carboxylic acids is 1. The van der Waals surface area contributed by atoms with Crippen LogP contribution in [0.25, 0.3) is 0 Å². The van der Waals surface area contributed by atoms with Crippen molar-refractivity contribution in [2.75, 3.05) is 7.05 Å². The molecule has 3 N–H and O–H groups in total. The molecule has 2 rings (SSSR count). The number of nitrogens with zero attached hydrogens (tertiary/aromatic N) is 2. The number of aromatic amines is 1. The van der Waals surface area contributed by atoms with Gasteiger partial charge >= 0.3 is 0 Å². The van der Waals surface area contributed by atoms with Crippen LogP contribution >= 0.6 is 0 Å². The van der Waals surface area contributed by atoms with Crippen LogP contribution in [0.4, 0.5) is 0 Å². The smallest absolute Gasteiger partial charge is 0.271 e. The molecule has 18 heavy (non-hydrogen) atoms. The van der Waals surface area contributed by atoms with Crippen LogP contribution in [0.2, 0.25) is 0 Å². The van der Waals surface area contributed by atoms with Gasteiger partial charge in [0.2, 0.25) is 0 Å². The van der Waals surface area contributed by atoms with E-state index in [-0.39, 0.29) is 5.91 Å². The summed E-state index contributed by atoms with van der Waals surface area (Å²) < 4.78 is 0. The first-order valence-electron chi connectivity index (χ1n) is 5.73. The molecule has 0 saturated carbocycles. The lowest BCUT2D eigenvalue weighted by Crippen LogP contribution is -2.26. The fourth-order valence-electron chi connectivity index (χ4n) is 1.71. The maximum atomic E-state index is 12.0. The quantitative estimate of drug-likeness (QED) is 0.847. The van der Waals surface area contributed by atoms with Crippen LogP contribution in [0.5, 0.6) is 0 Å². The average molecular weight is 244 g/mol. The first-order valence-corrected chi connectivity index (χ1v) is 5.73. The third kappa shape index (κ3) is 2.75. The summed E-state index contributed by atoms with van der Waals surface area (Å²) in [6.07, 6.45) is 1.57. The zero-order valence-electron chi connectivity index (χ0n) is 10.3. The molecule has 1 aromatic carbocycles. The molecule has 1 heterocycles. The van der Waals surface area contributed by atoms with E-state index in [9.17, 15) is 4.79 Å². The first-order chi connectivity index (χ1) is 8.70. The Hall–Kier alpha value is -2.14. The minimum Gasteiger partial charge on any atom is -0.336 e. The van der Waals surface area contributed by atoms with Crippen molar-refractivity contribution in [2.45, 2.75) is 13.1 Å². The Kier molecular flexibility index (Phi) is 3.74. The lowest BCUT2D eigenvalue weighted by Gasteiger charge is -2.16. The number of hydrogen-bond acceptors (Lipinski definition) is 3. The fourth-order valence-corrected chi connectivity index (χ4v) is 1.71. The number of H-pyrrole nitrogens is 1. The van der Waals surface area contributed by atoms with Crippen molar-refractivity contribution in [1.82, 2.24) is 15.1 Å². The van der Waals surface area contributed by atoms with Crippen molar-refractivity contribution in [1.29, 1.82) is 0 Å². The normalized spacial score (nSPS) is 10.3. The minimum absolute atomic E-state index is 0.0737. The third-order valence-corrected chi connectivity index (χ3v) is 2.76. The molecule has 0 aliphatic carbocycles. The van der Waals surface area contributed by atoms with E-state index in [1.54, 1.807) is 24.2 Å². The molecule has 5 nitrogen and oxygen atoms in total. The summed E-state index contributed by atoms with van der Waals surface area (Å²) in [5.74, 6) is -0.0737. The van der Waals surface area contributed by atoms with Crippen molar-refractivity contribution in [2.24, 2.45) is 5.73 Å². The zero-order chi connectivity index (χ0) is 13.0. The molecule has 0 unspecified atom stereocenters. The van der Waals surface area contributed by atoms with Crippen molar-refractivity contribution < 1.29 is 4.79 Å². The molecule has 2 aromatic rings. The van der Waals surface area contributed by atoms with Crippen LogP contribution in [-0.4, -0.2) is 28.1 Å². The summed E-state index contributed by atoms with van der Waals surface area (Å²) in [7, 11) is 1.76. The van der Waals surface area contributed by atoms with Gasteiger partial charge in [-0.1, -0.05) is 24.3 Å². The van der Waals surface area contributed by atoms with Gasteiger partial charge < -0.3 is 10.6 Å². The Bertz CT molecular complexity index is 504. The van der Waals surface area contributed by atoms with Gasteiger partial charge in [-0.2, -0.15) is 5.10 Å². The number of nitrogens with one attached hydrogen (secondary N) is 1. The second-order valence-electron chi connectivity index (χ2n) is 4.15. The van der Waals surface area contributed by atoms with E-state index < -0.39 is 0 Å². The zero-order valence-corrected chi connectivity index (χ0v) is 10.3. The number of hydrogen-bond donors (Lipinski definition) is 2. The number of carbonyl (C=O) groups is 1. The van der Waals surface area contributed by atoms with Crippen LogP contribution in [0, 0.1) is 0 Å². The number of nitrogens with two attached hydrogens (primary N) is 1. The van der Waals surface area contributed by atoms with Gasteiger partial charge in [0.25, 0.3) is 5.91 Å². The maximum absolute atomic E-state index is 12.0. The largest absolute Gasteiger partial charge is 0.336 e. The molecule has 5 heteroatoms. The molecular weight excluding hydrogens is 228 g/mol. The van der Waals surface area contributed by atoms with E-state index in [1.807, 2.05) is 24.3 Å². The van der Waals surface area contributed by atoms with E-state index in [0.29, 0.717) is 18.8 Å². The summed E-state index contributed by atoms with van der Waals surface area (Å²) in [4.78, 5) is 13.6. The van der Waals surface area contributed by atoms with Crippen molar-refractivity contribution >= 4 is 5.91 Å². The van der Waals surface area contributed by atoms with E-state index in [2.05, 4.69) is 10.2 Å². The topological polar surface area (TPSA) is 75.0 Å². The van der Waals surface area contributed by atoms with Crippen LogP contribution in [0.3, 0.4) is 0 Å². The van der Waals surface area contributed by atoms with Crippen LogP contribution < -0.4 is 5.73 Å². The summed E-state index contributed by atoms with van der Waals surface area (Å²) in [5, 5.41) is 6.43. The summed E-state index contributed by atoms with van der Waals surface area (Å²) in [6.45, 7) is 1.09. The molecule has 0 spiro atoms. The standard InChI is InChI=1S/C13H16N4O/c1-17(13(18)12-6-7-15-16-12)9-11-4-2-10(8-14)3-5-11/h2-7H,8-9,14H2,1H3,(H,15,16). The third-order valence-electron chi connectivity index (χ3n) is 2.76. The number of benzene rings is 1. The van der Waals surface area contributed by atoms with Gasteiger partial charge in [0, 0.05) is 26.3 Å². The fraction of sp³-hybridized carbons (Fsp3) is 0.231. The Morgan fingerprint density at radius 3 is 2.50 bits per heavy atom. The Morgan fingerprint density at radius 1 is 1.28 bits per heavy atom. The molecule has 0 atom stereocenters. The summed E-state index contributed by atoms with van der Waals surface area (Å²) in [6, 6.07) is 9.59. The molecule has 1 amide bonds. The van der Waals surface area contributed by atoms with E-state index in [4.69, 9.17) is 5.73 Å². The lowest BCUT2D eigenvalue weighted by atomic mass is 10.1. The van der Waals surface area contributed by atoms with Crippen LogP contribution in [0.1, 0.15) is 21.6 Å². The number of aromatic nitrogens is 2. The van der Waals surface area contributed by atoms with Crippen LogP contribution in [-0.2, 0) is 13.1 Å². The van der Waals surface area contributed by atoms with Crippen molar-refractivity contribution in [3.8, 4) is 0 Å². The van der Waals surface area contributed by atoms with Crippen molar-refractivity contribution in [3.63, 3.8) is 0 Å². The number of rotatable bonds is 4. The molecular formula is C13H16N4O. The SMILES string of the molecule is CN(Cc1ccc(CN)cc1)C(=O)c1ccn[nH]1. The molecule has 1 aromatic heterocycles. The Balaban J connectivity index is 2.02. The maximum Gasteiger partial charge on any atom is 0.271 e. The van der Waals surface area contributed by atoms with Gasteiger partial charge in [0.15, 0.2) is 0 Å². The molecule has 0 fully saturated rings. The van der Waals surface area contributed by atoms with E-state index >= 15 is 0 Å². The molecule has 0 aliphatic heterocycles. The van der Waals surface area contributed by atoms with Gasteiger partial charge in [-0.25, -0.2) is 0 Å². The van der Waals surface area contributed by atoms with Crippen molar-refractivity contribution in [3.05, 3.63) is 53.3 Å². The highest BCUT2D eigenvalue weighted by Gasteiger charge is 2.12. The summed E-state index contributed by atoms with van der Waals surface area (Å²) in [5.41, 5.74) is 8.19. The predicted octanol–water partition coefficient (Wildman–Crippen LogP) is 1.14. The molecule has 0 radical (unpaired) electrons. The van der Waals surface area contributed by atoms with Gasteiger partial charge in [-0.3, -0.25) is 9.89 Å². The highest BCUT2D eigenvalue weighted by Crippen LogP contribution is 2.08. The highest BCUT2D eigenvalue weighted by atomic mass is 16.2. The molecule has 0 aliphatic rings. The summed E-state index contributed by atoms with van der Waals surface area (Å²) >= 11 is 0.